The normalized spacial score (nSPS) is 14.1. The molecule has 0 radical (unpaired) electrons. The van der Waals surface area contributed by atoms with E-state index in [0.29, 0.717) is 0 Å². The van der Waals surface area contributed by atoms with Crippen molar-refractivity contribution in [1.29, 1.82) is 0 Å². The van der Waals surface area contributed by atoms with Gasteiger partial charge in [-0.1, -0.05) is 10.3 Å². The van der Waals surface area contributed by atoms with E-state index in [0.717, 1.165) is 0 Å². The van der Waals surface area contributed by atoms with E-state index in [-0.39, 0.29) is 0 Å². The maximum Gasteiger partial charge on any atom is 0.1000 e. The molecule has 5 heteroatoms. The molecule has 2 N–H and O–H groups in total. The van der Waals surface area contributed by atoms with E-state index in [1.807, 2.05) is 0 Å². The Labute approximate surface area is 41.3 Å². The number of quaternary nitrogens is 1. The van der Waals surface area contributed by atoms with Crippen LogP contribution < -0.4 is 10.9 Å². The van der Waals surface area contributed by atoms with Crippen LogP contribution in [0.3, 0.4) is 0 Å². The minimum atomic E-state index is -0.734. The summed E-state index contributed by atoms with van der Waals surface area (Å²) in [6, 6.07) is 0. The van der Waals surface area contributed by atoms with Gasteiger partial charge in [0.2, 0.25) is 0 Å². The highest BCUT2D eigenvalue weighted by molar-refractivity contribution is 3.79. The lowest BCUT2D eigenvalue weighted by molar-refractivity contribution is -1.21. The molecule has 0 spiro atoms. The van der Waals surface area contributed by atoms with Crippen LogP contribution in [-0.2, 0) is 9.78 Å². The maximum atomic E-state index is 9.90. The van der Waals surface area contributed by atoms with E-state index in [2.05, 4.69) is 15.3 Å². The van der Waals surface area contributed by atoms with Crippen LogP contribution in [0.25, 0.3) is 0 Å². The Balaban J connectivity index is 2.83. The highest BCUT2D eigenvalue weighted by Crippen LogP contribution is 1.38. The van der Waals surface area contributed by atoms with Crippen LogP contribution in [-0.4, -0.2) is 14.2 Å². The predicted molar refractivity (Wildman–Crippen MR) is 21.5 cm³/mol. The average Bonchev–Trinajstić information content (AvgIpc) is 1.68. The molecule has 1 atom stereocenters. The molecule has 0 fully saturated rings. The van der Waals surface area contributed by atoms with Crippen molar-refractivity contribution < 1.29 is 15.2 Å². The van der Waals surface area contributed by atoms with Crippen molar-refractivity contribution >= 4 is 0 Å². The SMILES string of the molecule is CNO[NH+]([O-])OC. The van der Waals surface area contributed by atoms with Gasteiger partial charge in [-0.2, -0.15) is 4.84 Å². The highest BCUT2D eigenvalue weighted by Gasteiger charge is 1.85. The van der Waals surface area contributed by atoms with Gasteiger partial charge in [-0.25, -0.2) is 0 Å². The summed E-state index contributed by atoms with van der Waals surface area (Å²) in [6.45, 7) is 0. The second kappa shape index (κ2) is 3.97. The summed E-state index contributed by atoms with van der Waals surface area (Å²) in [6.07, 6.45) is 0. The third kappa shape index (κ3) is 3.64. The topological polar surface area (TPSA) is 58.0 Å². The molecule has 0 saturated carbocycles. The molecular weight excluding hydrogens is 100 g/mol. The maximum absolute atomic E-state index is 9.90. The number of rotatable bonds is 3. The first-order chi connectivity index (χ1) is 3.31. The second-order valence-electron chi connectivity index (χ2n) is 0.760. The molecule has 7 heavy (non-hydrogen) atoms. The first-order valence-electron chi connectivity index (χ1n) is 1.72. The molecule has 0 heterocycles. The lowest BCUT2D eigenvalue weighted by Crippen LogP contribution is -3.05. The van der Waals surface area contributed by atoms with Crippen LogP contribution in [0, 0.1) is 5.21 Å². The fourth-order valence-electron chi connectivity index (χ4n) is 0.125. The molecule has 0 aliphatic carbocycles. The Morgan fingerprint density at radius 3 is 2.43 bits per heavy atom. The third-order valence-corrected chi connectivity index (χ3v) is 0.352. The Morgan fingerprint density at radius 1 is 1.71 bits per heavy atom. The third-order valence-electron chi connectivity index (χ3n) is 0.352. The second-order valence-corrected chi connectivity index (χ2v) is 0.760. The Kier molecular flexibility index (Phi) is 3.86. The first kappa shape index (κ1) is 6.80. The fraction of sp³-hybridized carbons (Fsp3) is 1.00. The van der Waals surface area contributed by atoms with Gasteiger partial charge in [-0.3, -0.25) is 0 Å². The Bertz CT molecular complexity index is 41.9. The zero-order chi connectivity index (χ0) is 5.70. The van der Waals surface area contributed by atoms with Crippen molar-refractivity contribution in [3.63, 3.8) is 0 Å². The largest absolute Gasteiger partial charge is 0.564 e. The lowest BCUT2D eigenvalue weighted by atomic mass is 11.6. The average molecular weight is 108 g/mol. The zero-order valence-electron chi connectivity index (χ0n) is 4.22. The van der Waals surface area contributed by atoms with Crippen molar-refractivity contribution in [2.75, 3.05) is 14.2 Å². The van der Waals surface area contributed by atoms with E-state index in [4.69, 9.17) is 0 Å². The number of hydroxylamine groups is 1. The Hall–Kier alpha value is -0.200. The summed E-state index contributed by atoms with van der Waals surface area (Å²) in [5.41, 5.74) is 2.14. The van der Waals surface area contributed by atoms with Gasteiger partial charge < -0.3 is 5.21 Å². The summed E-state index contributed by atoms with van der Waals surface area (Å²) in [4.78, 5) is 8.15. The van der Waals surface area contributed by atoms with Gasteiger partial charge >= 0.3 is 0 Å². The van der Waals surface area contributed by atoms with Crippen LogP contribution in [0.5, 0.6) is 0 Å². The molecule has 44 valence electrons. The number of nitrogens with one attached hydrogen (secondary N) is 2. The lowest BCUT2D eigenvalue weighted by Gasteiger charge is -2.11. The van der Waals surface area contributed by atoms with Gasteiger partial charge in [0.25, 0.3) is 0 Å². The van der Waals surface area contributed by atoms with Crippen molar-refractivity contribution in [3.8, 4) is 0 Å². The highest BCUT2D eigenvalue weighted by atomic mass is 17.2. The Morgan fingerprint density at radius 2 is 2.29 bits per heavy atom. The van der Waals surface area contributed by atoms with Gasteiger partial charge in [0.15, 0.2) is 0 Å². The van der Waals surface area contributed by atoms with Gasteiger partial charge in [0, 0.05) is 7.05 Å². The molecule has 0 bridgehead atoms. The summed E-state index contributed by atoms with van der Waals surface area (Å²) in [5.74, 6) is 0. The van der Waals surface area contributed by atoms with Gasteiger partial charge in [-0.15, -0.1) is 5.48 Å². The van der Waals surface area contributed by atoms with Gasteiger partial charge in [0.05, 0.1) is 7.11 Å². The van der Waals surface area contributed by atoms with E-state index in [1.165, 1.54) is 14.2 Å². The van der Waals surface area contributed by atoms with Crippen molar-refractivity contribution in [2.45, 2.75) is 0 Å². The van der Waals surface area contributed by atoms with Gasteiger partial charge in [0.1, 0.15) is 0 Å². The predicted octanol–water partition coefficient (Wildman–Crippen LogP) is -2.00. The van der Waals surface area contributed by atoms with Crippen LogP contribution in [0.15, 0.2) is 0 Å². The van der Waals surface area contributed by atoms with Crippen LogP contribution in [0.1, 0.15) is 0 Å². The number of hydrogen-bond donors (Lipinski definition) is 2. The van der Waals surface area contributed by atoms with Crippen molar-refractivity contribution in [2.24, 2.45) is 0 Å². The van der Waals surface area contributed by atoms with Crippen molar-refractivity contribution in [3.05, 3.63) is 5.21 Å². The molecule has 0 aromatic carbocycles. The fourth-order valence-corrected chi connectivity index (χ4v) is 0.125. The molecule has 0 aromatic heterocycles. The van der Waals surface area contributed by atoms with Crippen molar-refractivity contribution in [1.82, 2.24) is 5.48 Å². The molecular formula is C2H8N2O3. The molecule has 1 unspecified atom stereocenters. The number of hydrogen-bond acceptors (Lipinski definition) is 4. The van der Waals surface area contributed by atoms with Crippen LogP contribution in [0.2, 0.25) is 0 Å². The summed E-state index contributed by atoms with van der Waals surface area (Å²) >= 11 is 0. The van der Waals surface area contributed by atoms with Crippen LogP contribution in [0.4, 0.5) is 0 Å². The van der Waals surface area contributed by atoms with Crippen LogP contribution >= 0.6 is 0 Å². The summed E-state index contributed by atoms with van der Waals surface area (Å²) in [7, 11) is 2.70. The summed E-state index contributed by atoms with van der Waals surface area (Å²) in [5, 5.41) is 9.17. The van der Waals surface area contributed by atoms with E-state index >= 15 is 0 Å². The zero-order valence-corrected chi connectivity index (χ0v) is 4.22. The monoisotopic (exact) mass is 108 g/mol. The van der Waals surface area contributed by atoms with E-state index in [9.17, 15) is 5.21 Å². The summed E-state index contributed by atoms with van der Waals surface area (Å²) < 4.78 is 0. The molecule has 0 aromatic rings. The quantitative estimate of drug-likeness (QED) is 0.410. The van der Waals surface area contributed by atoms with Gasteiger partial charge in [-0.05, 0) is 0 Å². The standard InChI is InChI=1S/C2H8N2O3/c1-3-7-4(5)6-2/h3-4H,1-2H3. The molecule has 5 nitrogen and oxygen atoms in total. The molecule has 0 aliphatic rings. The minimum Gasteiger partial charge on any atom is -0.564 e. The van der Waals surface area contributed by atoms with E-state index < -0.39 is 5.39 Å². The molecule has 0 saturated heterocycles. The molecule has 0 amide bonds. The minimum absolute atomic E-state index is 0.734. The smallest absolute Gasteiger partial charge is 0.1000 e. The molecule has 0 rings (SSSR count). The molecule has 0 aliphatic heterocycles. The van der Waals surface area contributed by atoms with E-state index in [1.54, 1.807) is 0 Å². The first-order valence-corrected chi connectivity index (χ1v) is 1.72.